The predicted octanol–water partition coefficient (Wildman–Crippen LogP) is -12.5. The van der Waals surface area contributed by atoms with E-state index in [9.17, 15) is 0 Å². The molecular formula is H10Na4O9S3. The van der Waals surface area contributed by atoms with Crippen molar-refractivity contribution in [2.75, 3.05) is 0 Å². The molecule has 0 saturated carbocycles. The van der Waals surface area contributed by atoms with Crippen LogP contribution in [0.4, 0.5) is 0 Å². The Morgan fingerprint density at radius 3 is 0.500 bits per heavy atom. The van der Waals surface area contributed by atoms with Gasteiger partial charge in [-0.15, -0.1) is 0 Å². The molecule has 86 valence electrons. The number of hydrogen-bond acceptors (Lipinski definition) is 3. The SMILES string of the molecule is O=S(O)O.O=S(O)O.O=S(O)O.[H-].[H-].[H-].[H-].[Na+].[Na+].[Na+].[Na+]. The van der Waals surface area contributed by atoms with Crippen LogP contribution in [0.15, 0.2) is 0 Å². The molecule has 0 bridgehead atoms. The molecule has 16 heavy (non-hydrogen) atoms. The van der Waals surface area contributed by atoms with Gasteiger partial charge in [0, 0.05) is 0 Å². The first kappa shape index (κ1) is 42.7. The summed E-state index contributed by atoms with van der Waals surface area (Å²) in [7, 11) is 0. The molecule has 0 aromatic rings. The molecule has 0 aliphatic heterocycles. The molecule has 0 fully saturated rings. The molecule has 0 aromatic carbocycles. The monoisotopic (exact) mass is 342 g/mol. The topological polar surface area (TPSA) is 173 Å². The Balaban J connectivity index is -0.00000000562. The van der Waals surface area contributed by atoms with Gasteiger partial charge < -0.3 is 5.71 Å². The maximum atomic E-state index is 8.67. The van der Waals surface area contributed by atoms with E-state index >= 15 is 0 Å². The fourth-order valence-corrected chi connectivity index (χ4v) is 0. The van der Waals surface area contributed by atoms with Gasteiger partial charge in [-0.2, -0.15) is 12.6 Å². The molecule has 0 unspecified atom stereocenters. The van der Waals surface area contributed by atoms with Crippen molar-refractivity contribution >= 4 is 34.1 Å². The van der Waals surface area contributed by atoms with E-state index in [1.165, 1.54) is 0 Å². The Labute approximate surface area is 194 Å². The molecule has 0 radical (unpaired) electrons. The first-order valence-corrected chi connectivity index (χ1v) is 4.79. The van der Waals surface area contributed by atoms with Crippen molar-refractivity contribution in [1.82, 2.24) is 0 Å². The summed E-state index contributed by atoms with van der Waals surface area (Å²) in [5.74, 6) is 0. The average molecular weight is 342 g/mol. The smallest absolute Gasteiger partial charge is 1.00 e. The Morgan fingerprint density at radius 2 is 0.500 bits per heavy atom. The third-order valence-electron chi connectivity index (χ3n) is 0. The zero-order chi connectivity index (χ0) is 10.7. The van der Waals surface area contributed by atoms with Crippen molar-refractivity contribution in [3.05, 3.63) is 0 Å². The second-order valence-corrected chi connectivity index (χ2v) is 2.08. The molecular weight excluding hydrogens is 332 g/mol. The van der Waals surface area contributed by atoms with Crippen molar-refractivity contribution in [1.29, 1.82) is 0 Å². The minimum absolute atomic E-state index is 0. The summed E-state index contributed by atoms with van der Waals surface area (Å²) in [6.45, 7) is 0. The van der Waals surface area contributed by atoms with Crippen LogP contribution in [0.3, 0.4) is 0 Å². The standard InChI is InChI=1S/4Na.3H2O3S.4H/c;;;;3*1-4(2)3;;;;/h;;;;3*(H2,1,2,3);;;;/q4*+1;;;;4*-1. The first-order chi connectivity index (χ1) is 5.20. The van der Waals surface area contributed by atoms with Crippen molar-refractivity contribution < 1.29 is 164 Å². The number of rotatable bonds is 0. The van der Waals surface area contributed by atoms with E-state index in [1.807, 2.05) is 0 Å². The van der Waals surface area contributed by atoms with Crippen LogP contribution in [-0.2, 0) is 34.1 Å². The molecule has 0 saturated heterocycles. The molecule has 0 aromatic heterocycles. The summed E-state index contributed by atoms with van der Waals surface area (Å²) in [6, 6.07) is 0. The van der Waals surface area contributed by atoms with E-state index in [0.717, 1.165) is 0 Å². The van der Waals surface area contributed by atoms with Crippen LogP contribution in [0.2, 0.25) is 0 Å². The summed E-state index contributed by atoms with van der Waals surface area (Å²) in [5, 5.41) is 0. The Bertz CT molecular complexity index is 135. The van der Waals surface area contributed by atoms with E-state index in [0.29, 0.717) is 0 Å². The molecule has 16 heteroatoms. The second-order valence-electron chi connectivity index (χ2n) is 0.692. The maximum Gasteiger partial charge on any atom is 1.00 e. The molecule has 0 rings (SSSR count). The van der Waals surface area contributed by atoms with E-state index in [4.69, 9.17) is 39.9 Å². The van der Waals surface area contributed by atoms with Crippen LogP contribution < -0.4 is 118 Å². The molecule has 6 N–H and O–H groups in total. The summed E-state index contributed by atoms with van der Waals surface area (Å²) in [6.07, 6.45) is 0. The van der Waals surface area contributed by atoms with Crippen molar-refractivity contribution in [3.8, 4) is 0 Å². The first-order valence-electron chi connectivity index (χ1n) is 1.60. The Hall–Kier alpha value is 4.21. The molecule has 0 aliphatic rings. The van der Waals surface area contributed by atoms with Crippen LogP contribution in [0.5, 0.6) is 0 Å². The summed E-state index contributed by atoms with van der Waals surface area (Å²) in [4.78, 5) is 0. The third kappa shape index (κ3) is 304. The molecule has 9 nitrogen and oxygen atoms in total. The van der Waals surface area contributed by atoms with Crippen LogP contribution in [-0.4, -0.2) is 39.9 Å². The van der Waals surface area contributed by atoms with Gasteiger partial charge in [0.25, 0.3) is 34.1 Å². The van der Waals surface area contributed by atoms with Gasteiger partial charge >= 0.3 is 118 Å². The van der Waals surface area contributed by atoms with Crippen LogP contribution in [0, 0.1) is 0 Å². The van der Waals surface area contributed by atoms with E-state index in [1.54, 1.807) is 0 Å². The third-order valence-corrected chi connectivity index (χ3v) is 0. The molecule has 0 aliphatic carbocycles. The maximum absolute atomic E-state index is 8.67. The fraction of sp³-hybridized carbons (Fsp3) is 0. The summed E-state index contributed by atoms with van der Waals surface area (Å²) in [5.41, 5.74) is 0. The Kier molecular flexibility index (Phi) is 97.5. The molecule has 0 atom stereocenters. The van der Waals surface area contributed by atoms with Gasteiger partial charge in [0.05, 0.1) is 0 Å². The van der Waals surface area contributed by atoms with Crippen molar-refractivity contribution in [2.24, 2.45) is 0 Å². The normalized spacial score (nSPS) is 6.56. The van der Waals surface area contributed by atoms with Gasteiger partial charge in [0.1, 0.15) is 0 Å². The van der Waals surface area contributed by atoms with Gasteiger partial charge in [-0.3, -0.25) is 27.3 Å². The summed E-state index contributed by atoms with van der Waals surface area (Å²) < 4.78 is 68.5. The molecule has 0 spiro atoms. The largest absolute Gasteiger partial charge is 1.00 e. The molecule has 0 heterocycles. The molecule has 0 amide bonds. The van der Waals surface area contributed by atoms with Crippen LogP contribution in [0.1, 0.15) is 5.71 Å². The van der Waals surface area contributed by atoms with Gasteiger partial charge in [-0.25, -0.2) is 0 Å². The fourth-order valence-electron chi connectivity index (χ4n) is 0. The summed E-state index contributed by atoms with van der Waals surface area (Å²) >= 11 is -7.83. The second kappa shape index (κ2) is 36.5. The Morgan fingerprint density at radius 1 is 0.500 bits per heavy atom. The van der Waals surface area contributed by atoms with Gasteiger partial charge in [0.2, 0.25) is 0 Å². The number of hydrogen-bond donors (Lipinski definition) is 6. The minimum Gasteiger partial charge on any atom is -1.00 e. The van der Waals surface area contributed by atoms with E-state index in [-0.39, 0.29) is 124 Å². The van der Waals surface area contributed by atoms with E-state index < -0.39 is 34.1 Å². The van der Waals surface area contributed by atoms with E-state index in [2.05, 4.69) is 0 Å². The van der Waals surface area contributed by atoms with Crippen molar-refractivity contribution in [3.63, 3.8) is 0 Å². The quantitative estimate of drug-likeness (QED) is 0.185. The van der Waals surface area contributed by atoms with Gasteiger partial charge in [-0.1, -0.05) is 0 Å². The van der Waals surface area contributed by atoms with Gasteiger partial charge in [0.15, 0.2) is 0 Å². The zero-order valence-corrected chi connectivity index (χ0v) is 19.6. The zero-order valence-electron chi connectivity index (χ0n) is 13.1. The van der Waals surface area contributed by atoms with Gasteiger partial charge in [-0.05, 0) is 0 Å². The minimum atomic E-state index is -2.61. The van der Waals surface area contributed by atoms with Crippen LogP contribution >= 0.6 is 0 Å². The van der Waals surface area contributed by atoms with Crippen LogP contribution in [0.25, 0.3) is 0 Å². The predicted molar refractivity (Wildman–Crippen MR) is 44.6 cm³/mol. The average Bonchev–Trinajstić information content (AvgIpc) is 1.54. The van der Waals surface area contributed by atoms with Crippen molar-refractivity contribution in [2.45, 2.75) is 0 Å².